The Morgan fingerprint density at radius 3 is 3.00 bits per heavy atom. The zero-order valence-electron chi connectivity index (χ0n) is 10.9. The van der Waals surface area contributed by atoms with Crippen LogP contribution in [-0.4, -0.2) is 43.6 Å². The Morgan fingerprint density at radius 2 is 2.25 bits per heavy atom. The maximum Gasteiger partial charge on any atom is 0.243 e. The Morgan fingerprint density at radius 1 is 1.40 bits per heavy atom. The molecule has 0 aromatic carbocycles. The molecule has 1 atom stereocenters. The van der Waals surface area contributed by atoms with Crippen LogP contribution in [-0.2, 0) is 11.3 Å². The first-order valence-corrected chi connectivity index (χ1v) is 6.50. The van der Waals surface area contributed by atoms with Gasteiger partial charge in [-0.25, -0.2) is 15.0 Å². The molecular weight excluding hydrogens is 258 g/mol. The van der Waals surface area contributed by atoms with Gasteiger partial charge in [-0.05, 0) is 18.9 Å². The van der Waals surface area contributed by atoms with E-state index in [-0.39, 0.29) is 11.9 Å². The van der Waals surface area contributed by atoms with Gasteiger partial charge in [-0.15, -0.1) is 0 Å². The molecule has 1 saturated heterocycles. The van der Waals surface area contributed by atoms with Crippen LogP contribution in [0.1, 0.15) is 18.7 Å². The summed E-state index contributed by atoms with van der Waals surface area (Å²) in [6.45, 7) is 1.14. The van der Waals surface area contributed by atoms with Gasteiger partial charge >= 0.3 is 0 Å². The molecule has 1 unspecified atom stereocenters. The zero-order valence-corrected chi connectivity index (χ0v) is 10.9. The average Bonchev–Trinajstić information content (AvgIpc) is 3.17. The molecule has 104 valence electrons. The van der Waals surface area contributed by atoms with Crippen LogP contribution in [0.15, 0.2) is 24.8 Å². The second-order valence-electron chi connectivity index (χ2n) is 4.55. The summed E-state index contributed by atoms with van der Waals surface area (Å²) in [7, 11) is 0. The summed E-state index contributed by atoms with van der Waals surface area (Å²) in [6.07, 6.45) is 6.55. The molecular formula is C12H15N7O. The molecule has 1 aliphatic heterocycles. The monoisotopic (exact) mass is 273 g/mol. The van der Waals surface area contributed by atoms with E-state index in [9.17, 15) is 4.79 Å². The van der Waals surface area contributed by atoms with Crippen LogP contribution in [0.4, 0.5) is 5.95 Å². The van der Waals surface area contributed by atoms with Gasteiger partial charge in [-0.1, -0.05) is 0 Å². The van der Waals surface area contributed by atoms with Crippen LogP contribution >= 0.6 is 0 Å². The molecule has 2 N–H and O–H groups in total. The molecule has 20 heavy (non-hydrogen) atoms. The molecule has 1 amide bonds. The van der Waals surface area contributed by atoms with Gasteiger partial charge in [0.15, 0.2) is 0 Å². The summed E-state index contributed by atoms with van der Waals surface area (Å²) < 4.78 is 0. The van der Waals surface area contributed by atoms with Crippen LogP contribution in [0, 0.1) is 0 Å². The number of nitrogens with one attached hydrogen (secondary N) is 2. The summed E-state index contributed by atoms with van der Waals surface area (Å²) >= 11 is 0. The number of carbonyl (C=O) groups is 1. The minimum absolute atomic E-state index is 0.0358. The van der Waals surface area contributed by atoms with Gasteiger partial charge in [-0.3, -0.25) is 9.89 Å². The van der Waals surface area contributed by atoms with E-state index >= 15 is 0 Å². The van der Waals surface area contributed by atoms with E-state index in [4.69, 9.17) is 0 Å². The number of hydrogen-bond donors (Lipinski definition) is 2. The fourth-order valence-corrected chi connectivity index (χ4v) is 2.32. The molecule has 1 fully saturated rings. The van der Waals surface area contributed by atoms with E-state index in [0.717, 1.165) is 19.4 Å². The standard InChI is InChI=1S/C12H15N7O/c20-11(15-7-10-16-8-17-18-10)9-3-1-6-19(9)12-13-4-2-5-14-12/h2,4-5,8-9H,1,3,6-7H2,(H,15,20)(H,16,17,18). The summed E-state index contributed by atoms with van der Waals surface area (Å²) in [5, 5.41) is 9.31. The highest BCUT2D eigenvalue weighted by atomic mass is 16.2. The molecule has 2 aromatic heterocycles. The molecule has 0 saturated carbocycles. The number of aromatic amines is 1. The van der Waals surface area contributed by atoms with Crippen LogP contribution in [0.5, 0.6) is 0 Å². The SMILES string of the molecule is O=C(NCc1ncn[nH]1)C1CCCN1c1ncccn1. The second kappa shape index (κ2) is 5.64. The number of carbonyl (C=O) groups excluding carboxylic acids is 1. The maximum absolute atomic E-state index is 12.3. The molecule has 0 aliphatic carbocycles. The predicted octanol–water partition coefficient (Wildman–Crippen LogP) is -0.120. The number of amides is 1. The summed E-state index contributed by atoms with van der Waals surface area (Å²) in [5.74, 6) is 1.20. The first-order chi connectivity index (χ1) is 9.84. The van der Waals surface area contributed by atoms with Gasteiger partial charge in [0.1, 0.15) is 18.2 Å². The lowest BCUT2D eigenvalue weighted by Gasteiger charge is -2.23. The van der Waals surface area contributed by atoms with Gasteiger partial charge in [0.05, 0.1) is 6.54 Å². The third kappa shape index (κ3) is 2.58. The fourth-order valence-electron chi connectivity index (χ4n) is 2.32. The second-order valence-corrected chi connectivity index (χ2v) is 4.55. The first-order valence-electron chi connectivity index (χ1n) is 6.50. The lowest BCUT2D eigenvalue weighted by atomic mass is 10.2. The fraction of sp³-hybridized carbons (Fsp3) is 0.417. The smallest absolute Gasteiger partial charge is 0.243 e. The molecule has 3 heterocycles. The van der Waals surface area contributed by atoms with Crippen molar-refractivity contribution in [3.05, 3.63) is 30.6 Å². The van der Waals surface area contributed by atoms with Gasteiger partial charge in [0.25, 0.3) is 0 Å². The van der Waals surface area contributed by atoms with E-state index < -0.39 is 0 Å². The van der Waals surface area contributed by atoms with Crippen molar-refractivity contribution in [3.8, 4) is 0 Å². The molecule has 1 aliphatic rings. The Kier molecular flexibility index (Phi) is 3.53. The highest BCUT2D eigenvalue weighted by Crippen LogP contribution is 2.21. The van der Waals surface area contributed by atoms with Crippen LogP contribution < -0.4 is 10.2 Å². The first kappa shape index (κ1) is 12.5. The Balaban J connectivity index is 1.64. The maximum atomic E-state index is 12.3. The lowest BCUT2D eigenvalue weighted by Crippen LogP contribution is -2.43. The Labute approximate surface area is 115 Å². The van der Waals surface area contributed by atoms with Gasteiger partial charge in [0.2, 0.25) is 11.9 Å². The van der Waals surface area contributed by atoms with Crippen molar-refractivity contribution in [2.45, 2.75) is 25.4 Å². The summed E-state index contributed by atoms with van der Waals surface area (Å²) in [5.41, 5.74) is 0. The summed E-state index contributed by atoms with van der Waals surface area (Å²) in [4.78, 5) is 26.6. The average molecular weight is 273 g/mol. The van der Waals surface area contributed by atoms with Crippen LogP contribution in [0.2, 0.25) is 0 Å². The minimum atomic E-state index is -0.222. The highest BCUT2D eigenvalue weighted by molar-refractivity contribution is 5.85. The van der Waals surface area contributed by atoms with E-state index in [2.05, 4.69) is 30.5 Å². The number of anilines is 1. The third-order valence-electron chi connectivity index (χ3n) is 3.26. The summed E-state index contributed by atoms with van der Waals surface area (Å²) in [6, 6.07) is 1.54. The number of hydrogen-bond acceptors (Lipinski definition) is 6. The quantitative estimate of drug-likeness (QED) is 0.805. The van der Waals surface area contributed by atoms with Crippen LogP contribution in [0.3, 0.4) is 0 Å². The van der Waals surface area contributed by atoms with Gasteiger partial charge in [0, 0.05) is 18.9 Å². The topological polar surface area (TPSA) is 99.7 Å². The van der Waals surface area contributed by atoms with E-state index in [1.165, 1.54) is 6.33 Å². The van der Waals surface area contributed by atoms with Crippen molar-refractivity contribution in [3.63, 3.8) is 0 Å². The molecule has 8 nitrogen and oxygen atoms in total. The van der Waals surface area contributed by atoms with Crippen molar-refractivity contribution in [2.24, 2.45) is 0 Å². The Hall–Kier alpha value is -2.51. The lowest BCUT2D eigenvalue weighted by molar-refractivity contribution is -0.122. The molecule has 0 radical (unpaired) electrons. The molecule has 2 aromatic rings. The number of rotatable bonds is 4. The minimum Gasteiger partial charge on any atom is -0.347 e. The van der Waals surface area contributed by atoms with Crippen molar-refractivity contribution in [2.75, 3.05) is 11.4 Å². The Bertz CT molecular complexity index is 556. The van der Waals surface area contributed by atoms with Crippen molar-refractivity contribution in [1.29, 1.82) is 0 Å². The third-order valence-corrected chi connectivity index (χ3v) is 3.26. The van der Waals surface area contributed by atoms with Crippen molar-refractivity contribution >= 4 is 11.9 Å². The number of nitrogens with zero attached hydrogens (tertiary/aromatic N) is 5. The predicted molar refractivity (Wildman–Crippen MR) is 70.6 cm³/mol. The van der Waals surface area contributed by atoms with Gasteiger partial charge in [-0.2, -0.15) is 5.10 Å². The van der Waals surface area contributed by atoms with Crippen LogP contribution in [0.25, 0.3) is 0 Å². The molecule has 0 bridgehead atoms. The van der Waals surface area contributed by atoms with Gasteiger partial charge < -0.3 is 10.2 Å². The van der Waals surface area contributed by atoms with E-state index in [1.54, 1.807) is 18.5 Å². The molecule has 3 rings (SSSR count). The number of aromatic nitrogens is 5. The normalized spacial score (nSPS) is 18.2. The number of H-pyrrole nitrogens is 1. The van der Waals surface area contributed by atoms with E-state index in [0.29, 0.717) is 18.3 Å². The highest BCUT2D eigenvalue weighted by Gasteiger charge is 2.32. The van der Waals surface area contributed by atoms with Crippen molar-refractivity contribution in [1.82, 2.24) is 30.5 Å². The zero-order chi connectivity index (χ0) is 13.8. The van der Waals surface area contributed by atoms with E-state index in [1.807, 2.05) is 4.90 Å². The largest absolute Gasteiger partial charge is 0.347 e. The molecule has 0 spiro atoms. The molecule has 8 heteroatoms. The van der Waals surface area contributed by atoms with Crippen molar-refractivity contribution < 1.29 is 4.79 Å².